The van der Waals surface area contributed by atoms with E-state index in [1.54, 1.807) is 18.4 Å². The summed E-state index contributed by atoms with van der Waals surface area (Å²) in [5.41, 5.74) is 3.02. The van der Waals surface area contributed by atoms with Crippen molar-refractivity contribution in [3.63, 3.8) is 0 Å². The van der Waals surface area contributed by atoms with Crippen LogP contribution in [-0.2, 0) is 4.79 Å². The zero-order valence-electron chi connectivity index (χ0n) is 15.7. The minimum absolute atomic E-state index is 0.0379. The molecule has 0 unspecified atom stereocenters. The van der Waals surface area contributed by atoms with Gasteiger partial charge < -0.3 is 10.1 Å². The summed E-state index contributed by atoms with van der Waals surface area (Å²) < 4.78 is 5.31. The lowest BCUT2D eigenvalue weighted by Gasteiger charge is -2.23. The number of benzene rings is 2. The summed E-state index contributed by atoms with van der Waals surface area (Å²) in [6.07, 6.45) is 0. The Morgan fingerprint density at radius 2 is 1.78 bits per heavy atom. The minimum atomic E-state index is -0.386. The zero-order valence-corrected chi connectivity index (χ0v) is 16.5. The van der Waals surface area contributed by atoms with E-state index in [9.17, 15) is 4.79 Å². The van der Waals surface area contributed by atoms with E-state index >= 15 is 0 Å². The van der Waals surface area contributed by atoms with Crippen molar-refractivity contribution in [3.05, 3.63) is 82.0 Å². The Morgan fingerprint density at radius 1 is 1.04 bits per heavy atom. The maximum absolute atomic E-state index is 12.7. The second-order valence-electron chi connectivity index (χ2n) is 6.44. The molecule has 0 aliphatic heterocycles. The van der Waals surface area contributed by atoms with E-state index in [-0.39, 0.29) is 18.0 Å². The zero-order chi connectivity index (χ0) is 19.2. The van der Waals surface area contributed by atoms with Crippen molar-refractivity contribution in [2.24, 2.45) is 0 Å². The van der Waals surface area contributed by atoms with Crippen molar-refractivity contribution in [2.75, 3.05) is 12.4 Å². The van der Waals surface area contributed by atoms with Crippen LogP contribution in [0.2, 0.25) is 0 Å². The molecule has 3 rings (SSSR count). The van der Waals surface area contributed by atoms with Crippen molar-refractivity contribution in [2.45, 2.75) is 25.9 Å². The molecular formula is C22H24N2O2S. The van der Waals surface area contributed by atoms with E-state index in [4.69, 9.17) is 4.74 Å². The maximum atomic E-state index is 12.7. The first kappa shape index (κ1) is 19.1. The van der Waals surface area contributed by atoms with Gasteiger partial charge >= 0.3 is 0 Å². The summed E-state index contributed by atoms with van der Waals surface area (Å²) in [5.74, 6) is 0.541. The Morgan fingerprint density at radius 3 is 2.44 bits per heavy atom. The largest absolute Gasteiger partial charge is 0.495 e. The van der Waals surface area contributed by atoms with Gasteiger partial charge in [-0.2, -0.15) is 0 Å². The molecule has 1 heterocycles. The monoisotopic (exact) mass is 380 g/mol. The van der Waals surface area contributed by atoms with E-state index in [0.29, 0.717) is 11.4 Å². The van der Waals surface area contributed by atoms with Gasteiger partial charge in [0.1, 0.15) is 5.75 Å². The molecule has 5 heteroatoms. The number of hydrogen-bond acceptors (Lipinski definition) is 4. The van der Waals surface area contributed by atoms with Crippen molar-refractivity contribution in [3.8, 4) is 5.75 Å². The number of carbonyl (C=O) groups is 1. The Balaban J connectivity index is 1.77. The number of anilines is 1. The number of carbonyl (C=O) groups excluding carboxylic acids is 1. The molecule has 0 aliphatic rings. The standard InChI is InChI=1S/C22H24N2O2S/c1-15-10-12-17(13-11-15)21(20-9-6-14-27-20)23-16(2)22(25)24-18-7-4-5-8-19(18)26-3/h4-14,16,21,23H,1-3H3,(H,24,25)/t16-,21-/m0/s1. The molecule has 2 atom stereocenters. The van der Waals surface area contributed by atoms with Crippen LogP contribution < -0.4 is 15.4 Å². The van der Waals surface area contributed by atoms with E-state index in [1.807, 2.05) is 37.3 Å². The molecular weight excluding hydrogens is 356 g/mol. The summed E-state index contributed by atoms with van der Waals surface area (Å²) in [6, 6.07) is 19.5. The molecule has 0 bridgehead atoms. The third-order valence-electron chi connectivity index (χ3n) is 4.41. The second kappa shape index (κ2) is 8.84. The van der Waals surface area contributed by atoms with Crippen LogP contribution in [0.15, 0.2) is 66.0 Å². The molecule has 0 saturated heterocycles. The molecule has 2 aromatic carbocycles. The van der Waals surface area contributed by atoms with Crippen LogP contribution in [0.25, 0.3) is 0 Å². The number of methoxy groups -OCH3 is 1. The van der Waals surface area contributed by atoms with Gasteiger partial charge in [-0.25, -0.2) is 0 Å². The van der Waals surface area contributed by atoms with Gasteiger partial charge in [-0.05, 0) is 43.0 Å². The molecule has 1 aromatic heterocycles. The first-order chi connectivity index (χ1) is 13.1. The van der Waals surface area contributed by atoms with Crippen molar-refractivity contribution < 1.29 is 9.53 Å². The highest BCUT2D eigenvalue weighted by Gasteiger charge is 2.22. The Labute approximate surface area is 164 Å². The van der Waals surface area contributed by atoms with Gasteiger partial charge in [-0.3, -0.25) is 10.1 Å². The highest BCUT2D eigenvalue weighted by Crippen LogP contribution is 2.27. The molecule has 0 spiro atoms. The van der Waals surface area contributed by atoms with Crippen LogP contribution in [0.1, 0.15) is 29.0 Å². The van der Waals surface area contributed by atoms with Gasteiger partial charge in [0.05, 0.1) is 24.9 Å². The average molecular weight is 381 g/mol. The summed E-state index contributed by atoms with van der Waals surface area (Å²) in [7, 11) is 1.59. The predicted molar refractivity (Wildman–Crippen MR) is 112 cm³/mol. The molecule has 27 heavy (non-hydrogen) atoms. The highest BCUT2D eigenvalue weighted by atomic mass is 32.1. The first-order valence-electron chi connectivity index (χ1n) is 8.88. The number of ether oxygens (including phenoxy) is 1. The maximum Gasteiger partial charge on any atom is 0.241 e. The lowest BCUT2D eigenvalue weighted by atomic mass is 10.0. The molecule has 3 aromatic rings. The number of para-hydroxylation sites is 2. The Kier molecular flexibility index (Phi) is 6.27. The first-order valence-corrected chi connectivity index (χ1v) is 9.76. The molecule has 0 aliphatic carbocycles. The molecule has 1 amide bonds. The Bertz CT molecular complexity index is 876. The van der Waals surface area contributed by atoms with Crippen LogP contribution >= 0.6 is 11.3 Å². The highest BCUT2D eigenvalue weighted by molar-refractivity contribution is 7.10. The van der Waals surface area contributed by atoms with Crippen molar-refractivity contribution >= 4 is 22.9 Å². The number of rotatable bonds is 7. The van der Waals surface area contributed by atoms with E-state index in [0.717, 1.165) is 5.56 Å². The van der Waals surface area contributed by atoms with E-state index in [2.05, 4.69) is 53.3 Å². The molecule has 140 valence electrons. The minimum Gasteiger partial charge on any atom is -0.495 e. The number of nitrogens with one attached hydrogen (secondary N) is 2. The predicted octanol–water partition coefficient (Wildman–Crippen LogP) is 4.77. The third-order valence-corrected chi connectivity index (χ3v) is 5.35. The van der Waals surface area contributed by atoms with Gasteiger partial charge in [0.15, 0.2) is 0 Å². The van der Waals surface area contributed by atoms with Gasteiger partial charge in [0.25, 0.3) is 0 Å². The van der Waals surface area contributed by atoms with Gasteiger partial charge in [-0.15, -0.1) is 11.3 Å². The van der Waals surface area contributed by atoms with Crippen LogP contribution in [-0.4, -0.2) is 19.1 Å². The number of hydrogen-bond donors (Lipinski definition) is 2. The number of thiophene rings is 1. The summed E-state index contributed by atoms with van der Waals surface area (Å²) >= 11 is 1.68. The second-order valence-corrected chi connectivity index (χ2v) is 7.42. The molecule has 0 radical (unpaired) electrons. The topological polar surface area (TPSA) is 50.4 Å². The van der Waals surface area contributed by atoms with Crippen LogP contribution in [0.3, 0.4) is 0 Å². The summed E-state index contributed by atoms with van der Waals surface area (Å²) in [4.78, 5) is 13.9. The van der Waals surface area contributed by atoms with Gasteiger partial charge in [0.2, 0.25) is 5.91 Å². The fourth-order valence-corrected chi connectivity index (χ4v) is 3.68. The molecule has 0 fully saturated rings. The van der Waals surface area contributed by atoms with Gasteiger partial charge in [-0.1, -0.05) is 48.0 Å². The van der Waals surface area contributed by atoms with E-state index < -0.39 is 0 Å². The fourth-order valence-electron chi connectivity index (χ4n) is 2.87. The lowest BCUT2D eigenvalue weighted by molar-refractivity contribution is -0.117. The lowest BCUT2D eigenvalue weighted by Crippen LogP contribution is -2.40. The van der Waals surface area contributed by atoms with Gasteiger partial charge in [0, 0.05) is 4.88 Å². The molecule has 4 nitrogen and oxygen atoms in total. The van der Waals surface area contributed by atoms with Crippen LogP contribution in [0.5, 0.6) is 5.75 Å². The molecule has 2 N–H and O–H groups in total. The van der Waals surface area contributed by atoms with Crippen LogP contribution in [0, 0.1) is 6.92 Å². The quantitative estimate of drug-likeness (QED) is 0.621. The van der Waals surface area contributed by atoms with Crippen molar-refractivity contribution in [1.29, 1.82) is 0 Å². The molecule has 0 saturated carbocycles. The smallest absolute Gasteiger partial charge is 0.241 e. The number of aryl methyl sites for hydroxylation is 1. The normalized spacial score (nSPS) is 13.0. The summed E-state index contributed by atoms with van der Waals surface area (Å²) in [5, 5.41) is 8.47. The van der Waals surface area contributed by atoms with Crippen molar-refractivity contribution in [1.82, 2.24) is 5.32 Å². The number of amides is 1. The third kappa shape index (κ3) is 4.76. The fraction of sp³-hybridized carbons (Fsp3) is 0.227. The summed E-state index contributed by atoms with van der Waals surface area (Å²) in [6.45, 7) is 3.94. The average Bonchev–Trinajstić information content (AvgIpc) is 3.21. The SMILES string of the molecule is COc1ccccc1NC(=O)[C@H](C)N[C@@H](c1ccc(C)cc1)c1cccs1. The van der Waals surface area contributed by atoms with E-state index in [1.165, 1.54) is 10.4 Å². The van der Waals surface area contributed by atoms with Crippen LogP contribution in [0.4, 0.5) is 5.69 Å². The Hall–Kier alpha value is -2.63.